The summed E-state index contributed by atoms with van der Waals surface area (Å²) >= 11 is 0. The van der Waals surface area contributed by atoms with Gasteiger partial charge in [-0.05, 0) is 29.8 Å². The van der Waals surface area contributed by atoms with E-state index in [0.29, 0.717) is 18.1 Å². The van der Waals surface area contributed by atoms with Gasteiger partial charge in [0.15, 0.2) is 5.82 Å². The summed E-state index contributed by atoms with van der Waals surface area (Å²) in [5.74, 6) is 1.16. The number of fused-ring (bicyclic) bond motifs is 1. The van der Waals surface area contributed by atoms with Crippen molar-refractivity contribution in [3.05, 3.63) is 76.5 Å². The lowest BCUT2D eigenvalue weighted by Gasteiger charge is -2.16. The van der Waals surface area contributed by atoms with Gasteiger partial charge in [-0.2, -0.15) is 9.67 Å². The number of hydrogen-bond acceptors (Lipinski definition) is 4. The molecule has 1 amide bonds. The summed E-state index contributed by atoms with van der Waals surface area (Å²) in [4.78, 5) is 30.6. The molecule has 0 saturated heterocycles. The number of rotatable bonds is 4. The topological polar surface area (TPSA) is 69.4 Å². The second kappa shape index (κ2) is 5.94. The second-order valence-corrected chi connectivity index (χ2v) is 5.73. The molecule has 1 aromatic heterocycles. The molecule has 2 heterocycles. The second-order valence-electron chi connectivity index (χ2n) is 5.73. The summed E-state index contributed by atoms with van der Waals surface area (Å²) in [6.07, 6.45) is 0. The van der Waals surface area contributed by atoms with Gasteiger partial charge >= 0.3 is 11.7 Å². The number of nitrogens with zero attached hydrogens (tertiary/aromatic N) is 4. The minimum absolute atomic E-state index is 0.266. The van der Waals surface area contributed by atoms with Crippen LogP contribution < -0.4 is 15.3 Å². The number of hydrogen-bond donors (Lipinski definition) is 0. The van der Waals surface area contributed by atoms with Crippen molar-refractivity contribution in [2.75, 3.05) is 12.0 Å². The average Bonchev–Trinajstić information content (AvgIpc) is 3.12. The first kappa shape index (κ1) is 15.2. The SMILES string of the molecule is COc1ccc(N2Cc3nc(=O)n(Cc4ccccc4)n3C2=O)cc1. The van der Waals surface area contributed by atoms with E-state index < -0.39 is 5.69 Å². The summed E-state index contributed by atoms with van der Waals surface area (Å²) in [6, 6.07) is 16.4. The van der Waals surface area contributed by atoms with Crippen molar-refractivity contribution >= 4 is 11.7 Å². The molecule has 0 saturated carbocycles. The van der Waals surface area contributed by atoms with Crippen molar-refractivity contribution in [1.82, 2.24) is 14.3 Å². The van der Waals surface area contributed by atoms with Crippen LogP contribution >= 0.6 is 0 Å². The van der Waals surface area contributed by atoms with Crippen LogP contribution in [0.2, 0.25) is 0 Å². The molecule has 0 atom stereocenters. The van der Waals surface area contributed by atoms with Crippen LogP contribution in [0.25, 0.3) is 0 Å². The molecule has 0 unspecified atom stereocenters. The van der Waals surface area contributed by atoms with Crippen molar-refractivity contribution in [2.45, 2.75) is 13.1 Å². The van der Waals surface area contributed by atoms with Crippen LogP contribution in [-0.2, 0) is 13.1 Å². The Balaban J connectivity index is 1.67. The molecule has 0 bridgehead atoms. The quantitative estimate of drug-likeness (QED) is 0.731. The fourth-order valence-corrected chi connectivity index (χ4v) is 2.94. The Kier molecular flexibility index (Phi) is 3.61. The van der Waals surface area contributed by atoms with Crippen LogP contribution in [0, 0.1) is 0 Å². The van der Waals surface area contributed by atoms with E-state index in [1.165, 1.54) is 9.36 Å². The van der Waals surface area contributed by atoms with E-state index in [0.717, 1.165) is 11.3 Å². The van der Waals surface area contributed by atoms with Crippen molar-refractivity contribution in [3.8, 4) is 5.75 Å². The number of anilines is 1. The molecule has 1 aliphatic rings. The lowest BCUT2D eigenvalue weighted by Crippen LogP contribution is -2.34. The highest BCUT2D eigenvalue weighted by Crippen LogP contribution is 2.25. The molecule has 4 rings (SSSR count). The Bertz CT molecular complexity index is 974. The van der Waals surface area contributed by atoms with E-state index in [-0.39, 0.29) is 12.6 Å². The van der Waals surface area contributed by atoms with E-state index in [4.69, 9.17) is 4.74 Å². The van der Waals surface area contributed by atoms with Crippen molar-refractivity contribution in [2.24, 2.45) is 0 Å². The van der Waals surface area contributed by atoms with Gasteiger partial charge in [0, 0.05) is 5.69 Å². The van der Waals surface area contributed by atoms with Crippen LogP contribution in [0.3, 0.4) is 0 Å². The third kappa shape index (κ3) is 2.59. The van der Waals surface area contributed by atoms with Gasteiger partial charge in [-0.25, -0.2) is 14.3 Å². The summed E-state index contributed by atoms with van der Waals surface area (Å²) in [6.45, 7) is 0.567. The summed E-state index contributed by atoms with van der Waals surface area (Å²) < 4.78 is 7.87. The smallest absolute Gasteiger partial charge is 0.364 e. The lowest BCUT2D eigenvalue weighted by molar-refractivity contribution is 0.244. The van der Waals surface area contributed by atoms with Crippen LogP contribution in [0.1, 0.15) is 11.4 Å². The maximum Gasteiger partial charge on any atom is 0.364 e. The number of methoxy groups -OCH3 is 1. The Labute approximate surface area is 143 Å². The van der Waals surface area contributed by atoms with Crippen molar-refractivity contribution < 1.29 is 9.53 Å². The monoisotopic (exact) mass is 336 g/mol. The van der Waals surface area contributed by atoms with Crippen LogP contribution in [0.4, 0.5) is 10.5 Å². The molecule has 25 heavy (non-hydrogen) atoms. The first-order chi connectivity index (χ1) is 12.2. The van der Waals surface area contributed by atoms with Gasteiger partial charge in [-0.1, -0.05) is 30.3 Å². The van der Waals surface area contributed by atoms with Crippen LogP contribution in [-0.4, -0.2) is 27.5 Å². The molecule has 3 aromatic rings. The van der Waals surface area contributed by atoms with Crippen LogP contribution in [0.5, 0.6) is 5.75 Å². The normalized spacial score (nSPS) is 13.2. The highest BCUT2D eigenvalue weighted by atomic mass is 16.5. The molecule has 7 nitrogen and oxygen atoms in total. The third-order valence-corrected chi connectivity index (χ3v) is 4.20. The minimum atomic E-state index is -0.415. The zero-order valence-electron chi connectivity index (χ0n) is 13.6. The number of ether oxygens (including phenoxy) is 1. The highest BCUT2D eigenvalue weighted by molar-refractivity contribution is 5.95. The van der Waals surface area contributed by atoms with Gasteiger partial charge < -0.3 is 4.74 Å². The summed E-state index contributed by atoms with van der Waals surface area (Å²) in [5.41, 5.74) is 1.25. The van der Waals surface area contributed by atoms with Gasteiger partial charge in [0.25, 0.3) is 0 Å². The molecule has 0 spiro atoms. The fourth-order valence-electron chi connectivity index (χ4n) is 2.94. The maximum atomic E-state index is 12.8. The third-order valence-electron chi connectivity index (χ3n) is 4.20. The van der Waals surface area contributed by atoms with E-state index in [1.54, 1.807) is 24.1 Å². The molecule has 126 valence electrons. The first-order valence-electron chi connectivity index (χ1n) is 7.86. The minimum Gasteiger partial charge on any atom is -0.497 e. The molecule has 0 N–H and O–H groups in total. The van der Waals surface area contributed by atoms with Crippen molar-refractivity contribution in [3.63, 3.8) is 0 Å². The number of carbonyl (C=O) groups excluding carboxylic acids is 1. The Morgan fingerprint density at radius 2 is 1.76 bits per heavy atom. The van der Waals surface area contributed by atoms with E-state index in [2.05, 4.69) is 4.98 Å². The number of amides is 1. The Morgan fingerprint density at radius 1 is 1.04 bits per heavy atom. The largest absolute Gasteiger partial charge is 0.497 e. The molecule has 0 aliphatic carbocycles. The molecule has 0 radical (unpaired) electrons. The van der Waals surface area contributed by atoms with E-state index in [9.17, 15) is 9.59 Å². The zero-order chi connectivity index (χ0) is 17.4. The lowest BCUT2D eigenvalue weighted by atomic mass is 10.2. The number of aromatic nitrogens is 3. The summed E-state index contributed by atoms with van der Waals surface area (Å²) in [5, 5.41) is 0. The number of carbonyl (C=O) groups is 1. The molecule has 7 heteroatoms. The number of benzene rings is 2. The fraction of sp³-hybridized carbons (Fsp3) is 0.167. The Morgan fingerprint density at radius 3 is 2.44 bits per heavy atom. The predicted molar refractivity (Wildman–Crippen MR) is 92.0 cm³/mol. The molecular formula is C18H16N4O3. The Hall–Kier alpha value is -3.35. The zero-order valence-corrected chi connectivity index (χ0v) is 13.6. The van der Waals surface area contributed by atoms with Crippen LogP contribution in [0.15, 0.2) is 59.4 Å². The molecule has 0 fully saturated rings. The predicted octanol–water partition coefficient (Wildman–Crippen LogP) is 2.09. The van der Waals surface area contributed by atoms with Crippen molar-refractivity contribution in [1.29, 1.82) is 0 Å². The van der Waals surface area contributed by atoms with E-state index in [1.807, 2.05) is 42.5 Å². The molecular weight excluding hydrogens is 320 g/mol. The molecule has 2 aromatic carbocycles. The summed E-state index contributed by atoms with van der Waals surface area (Å²) in [7, 11) is 1.59. The van der Waals surface area contributed by atoms with Gasteiger partial charge in [-0.15, -0.1) is 0 Å². The van der Waals surface area contributed by atoms with E-state index >= 15 is 0 Å². The van der Waals surface area contributed by atoms with Gasteiger partial charge in [0.2, 0.25) is 0 Å². The highest BCUT2D eigenvalue weighted by Gasteiger charge is 2.33. The van der Waals surface area contributed by atoms with Gasteiger partial charge in [0.1, 0.15) is 5.75 Å². The standard InChI is InChI=1S/C18H16N4O3/c1-25-15-9-7-14(8-10-15)20-12-16-19-17(23)21(22(16)18(20)24)11-13-5-3-2-4-6-13/h2-10H,11-12H2,1H3. The van der Waals surface area contributed by atoms with Gasteiger partial charge in [-0.3, -0.25) is 4.90 Å². The van der Waals surface area contributed by atoms with Gasteiger partial charge in [0.05, 0.1) is 20.2 Å². The molecule has 1 aliphatic heterocycles. The maximum absolute atomic E-state index is 12.8. The average molecular weight is 336 g/mol. The first-order valence-corrected chi connectivity index (χ1v) is 7.86.